The van der Waals surface area contributed by atoms with E-state index in [1.54, 1.807) is 12.3 Å². The fourth-order valence-electron chi connectivity index (χ4n) is 2.21. The number of aryl methyl sites for hydroxylation is 3. The quantitative estimate of drug-likeness (QED) is 0.747. The molecule has 1 N–H and O–H groups in total. The molecule has 0 bridgehead atoms. The van der Waals surface area contributed by atoms with Crippen molar-refractivity contribution in [1.29, 1.82) is 0 Å². The fraction of sp³-hybridized carbons (Fsp3) is 0.231. The van der Waals surface area contributed by atoms with Crippen LogP contribution in [0.25, 0.3) is 11.0 Å². The Labute approximate surface area is 114 Å². The van der Waals surface area contributed by atoms with Gasteiger partial charge in [0.1, 0.15) is 11.6 Å². The Morgan fingerprint density at radius 1 is 1.42 bits per heavy atom. The van der Waals surface area contributed by atoms with Crippen molar-refractivity contribution in [2.24, 2.45) is 7.05 Å². The lowest BCUT2D eigenvalue weighted by atomic mass is 10.3. The van der Waals surface area contributed by atoms with Crippen molar-refractivity contribution in [1.82, 2.24) is 19.1 Å². The predicted octanol–water partition coefficient (Wildman–Crippen LogP) is 2.81. The molecule has 0 fully saturated rings. The molecule has 0 aliphatic rings. The van der Waals surface area contributed by atoms with Crippen LogP contribution in [0.4, 0.5) is 4.39 Å². The van der Waals surface area contributed by atoms with Crippen molar-refractivity contribution in [2.75, 3.05) is 0 Å². The first-order chi connectivity index (χ1) is 9.15. The van der Waals surface area contributed by atoms with Gasteiger partial charge < -0.3 is 14.1 Å². The lowest BCUT2D eigenvalue weighted by molar-refractivity contribution is 0.628. The van der Waals surface area contributed by atoms with E-state index >= 15 is 0 Å². The van der Waals surface area contributed by atoms with Gasteiger partial charge in [-0.1, -0.05) is 0 Å². The number of nitrogens with one attached hydrogen (secondary N) is 1. The largest absolute Gasteiger partial charge is 0.338 e. The lowest BCUT2D eigenvalue weighted by Crippen LogP contribution is -2.05. The topological polar surface area (TPSA) is 38.5 Å². The Kier molecular flexibility index (Phi) is 2.94. The number of benzene rings is 1. The molecule has 0 radical (unpaired) electrons. The molecule has 2 heterocycles. The van der Waals surface area contributed by atoms with Crippen LogP contribution in [-0.2, 0) is 20.0 Å². The van der Waals surface area contributed by atoms with Gasteiger partial charge >= 0.3 is 0 Å². The summed E-state index contributed by atoms with van der Waals surface area (Å²) in [4.78, 5) is 7.31. The third kappa shape index (κ3) is 2.19. The van der Waals surface area contributed by atoms with E-state index in [1.165, 1.54) is 12.1 Å². The number of H-pyrrole nitrogens is 1. The normalized spacial score (nSPS) is 11.3. The highest BCUT2D eigenvalue weighted by atomic mass is 32.1. The van der Waals surface area contributed by atoms with Gasteiger partial charge in [-0.3, -0.25) is 0 Å². The van der Waals surface area contributed by atoms with E-state index in [-0.39, 0.29) is 5.82 Å². The van der Waals surface area contributed by atoms with Crippen LogP contribution in [0.15, 0.2) is 30.6 Å². The first-order valence-electron chi connectivity index (χ1n) is 5.99. The molecule has 1 aromatic carbocycles. The third-order valence-electron chi connectivity index (χ3n) is 3.22. The summed E-state index contributed by atoms with van der Waals surface area (Å²) in [5.41, 5.74) is 1.64. The van der Waals surface area contributed by atoms with Crippen molar-refractivity contribution in [3.8, 4) is 0 Å². The van der Waals surface area contributed by atoms with E-state index in [0.29, 0.717) is 4.77 Å². The highest BCUT2D eigenvalue weighted by Gasteiger charge is 2.07. The minimum Gasteiger partial charge on any atom is -0.338 e. The molecule has 19 heavy (non-hydrogen) atoms. The monoisotopic (exact) mass is 276 g/mol. The number of halogens is 1. The molecule has 0 unspecified atom stereocenters. The van der Waals surface area contributed by atoms with Gasteiger partial charge in [0.25, 0.3) is 0 Å². The summed E-state index contributed by atoms with van der Waals surface area (Å²) in [7, 11) is 1.96. The molecule has 98 valence electrons. The maximum atomic E-state index is 13.2. The van der Waals surface area contributed by atoms with Crippen molar-refractivity contribution < 1.29 is 4.39 Å². The van der Waals surface area contributed by atoms with Gasteiger partial charge in [0.05, 0.1) is 11.0 Å². The van der Waals surface area contributed by atoms with E-state index < -0.39 is 0 Å². The standard InChI is InChI=1S/C13H13FN4S/c1-17-7-5-15-12(17)4-6-18-11-3-2-9(14)8-10(11)16-13(18)19/h2-3,5,7-8H,4,6H2,1H3,(H,16,19). The second-order valence-corrected chi connectivity index (χ2v) is 4.83. The van der Waals surface area contributed by atoms with Gasteiger partial charge in [0.2, 0.25) is 0 Å². The zero-order chi connectivity index (χ0) is 13.4. The van der Waals surface area contributed by atoms with Crippen LogP contribution in [0.5, 0.6) is 0 Å². The Hall–Kier alpha value is -1.95. The number of nitrogens with zero attached hydrogens (tertiary/aromatic N) is 3. The fourth-order valence-corrected chi connectivity index (χ4v) is 2.51. The summed E-state index contributed by atoms with van der Waals surface area (Å²) in [6.07, 6.45) is 4.47. The minimum absolute atomic E-state index is 0.264. The van der Waals surface area contributed by atoms with Crippen LogP contribution in [0.2, 0.25) is 0 Å². The summed E-state index contributed by atoms with van der Waals surface area (Å²) < 4.78 is 17.7. The Morgan fingerprint density at radius 3 is 3.00 bits per heavy atom. The molecular formula is C13H13FN4S. The number of fused-ring (bicyclic) bond motifs is 1. The average Bonchev–Trinajstić information content (AvgIpc) is 2.90. The molecule has 3 rings (SSSR count). The molecule has 0 saturated heterocycles. The van der Waals surface area contributed by atoms with Gasteiger partial charge in [-0.2, -0.15) is 0 Å². The second kappa shape index (κ2) is 4.62. The summed E-state index contributed by atoms with van der Waals surface area (Å²) in [5.74, 6) is 0.735. The number of rotatable bonds is 3. The molecule has 0 saturated carbocycles. The van der Waals surface area contributed by atoms with Gasteiger partial charge in [-0.15, -0.1) is 0 Å². The predicted molar refractivity (Wildman–Crippen MR) is 74.0 cm³/mol. The summed E-state index contributed by atoms with van der Waals surface area (Å²) in [5, 5.41) is 0. The van der Waals surface area contributed by atoms with E-state index in [1.807, 2.05) is 22.4 Å². The van der Waals surface area contributed by atoms with Gasteiger partial charge in [-0.25, -0.2) is 9.37 Å². The Bertz CT molecular complexity index is 783. The lowest BCUT2D eigenvalue weighted by Gasteiger charge is -2.05. The van der Waals surface area contributed by atoms with Crippen LogP contribution in [-0.4, -0.2) is 19.1 Å². The second-order valence-electron chi connectivity index (χ2n) is 4.45. The number of aromatic nitrogens is 4. The molecule has 0 spiro atoms. The van der Waals surface area contributed by atoms with Crippen molar-refractivity contribution >= 4 is 23.3 Å². The van der Waals surface area contributed by atoms with Crippen molar-refractivity contribution in [3.63, 3.8) is 0 Å². The molecule has 3 aromatic rings. The highest BCUT2D eigenvalue weighted by Crippen LogP contribution is 2.16. The maximum absolute atomic E-state index is 13.2. The van der Waals surface area contributed by atoms with Crippen molar-refractivity contribution in [2.45, 2.75) is 13.0 Å². The van der Waals surface area contributed by atoms with Gasteiger partial charge in [-0.05, 0) is 30.4 Å². The van der Waals surface area contributed by atoms with Crippen LogP contribution >= 0.6 is 12.2 Å². The average molecular weight is 276 g/mol. The molecule has 2 aromatic heterocycles. The molecule has 0 aliphatic carbocycles. The molecule has 6 heteroatoms. The van der Waals surface area contributed by atoms with Gasteiger partial charge in [0, 0.05) is 32.4 Å². The smallest absolute Gasteiger partial charge is 0.178 e. The molecular weight excluding hydrogens is 263 g/mol. The third-order valence-corrected chi connectivity index (χ3v) is 3.54. The van der Waals surface area contributed by atoms with E-state index in [4.69, 9.17) is 12.2 Å². The van der Waals surface area contributed by atoms with Crippen LogP contribution in [0, 0.1) is 10.6 Å². The zero-order valence-corrected chi connectivity index (χ0v) is 11.2. The first-order valence-corrected chi connectivity index (χ1v) is 6.40. The molecule has 0 atom stereocenters. The molecule has 0 amide bonds. The zero-order valence-electron chi connectivity index (χ0n) is 10.4. The SMILES string of the molecule is Cn1ccnc1CCn1c(=S)[nH]c2cc(F)ccc21. The van der Waals surface area contributed by atoms with Gasteiger partial charge in [0.15, 0.2) is 4.77 Å². The van der Waals surface area contributed by atoms with Crippen LogP contribution < -0.4 is 0 Å². The summed E-state index contributed by atoms with van der Waals surface area (Å²) in [6.45, 7) is 0.718. The first kappa shape index (κ1) is 12.1. The Morgan fingerprint density at radius 2 is 2.26 bits per heavy atom. The van der Waals surface area contributed by atoms with Crippen LogP contribution in [0.1, 0.15) is 5.82 Å². The van der Waals surface area contributed by atoms with E-state index in [9.17, 15) is 4.39 Å². The Balaban J connectivity index is 1.95. The summed E-state index contributed by atoms with van der Waals surface area (Å²) in [6, 6.07) is 4.65. The maximum Gasteiger partial charge on any atom is 0.178 e. The summed E-state index contributed by atoms with van der Waals surface area (Å²) >= 11 is 5.28. The number of imidazole rings is 2. The highest BCUT2D eigenvalue weighted by molar-refractivity contribution is 7.71. The van der Waals surface area contributed by atoms with Crippen molar-refractivity contribution in [3.05, 3.63) is 47.0 Å². The molecule has 4 nitrogen and oxygen atoms in total. The van der Waals surface area contributed by atoms with E-state index in [2.05, 4.69) is 9.97 Å². The number of aromatic amines is 1. The minimum atomic E-state index is -0.264. The van der Waals surface area contributed by atoms with Crippen LogP contribution in [0.3, 0.4) is 0 Å². The number of hydrogen-bond donors (Lipinski definition) is 1. The van der Waals surface area contributed by atoms with E-state index in [0.717, 1.165) is 29.8 Å². The number of hydrogen-bond acceptors (Lipinski definition) is 2. The molecule has 0 aliphatic heterocycles.